The van der Waals surface area contributed by atoms with Gasteiger partial charge in [0.25, 0.3) is 0 Å². The SMILES string of the molecule is C=C(C)C1CC(C)OC(O)C1. The Morgan fingerprint density at radius 3 is 2.64 bits per heavy atom. The van der Waals surface area contributed by atoms with E-state index in [0.717, 1.165) is 12.0 Å². The first-order chi connectivity index (χ1) is 5.09. The summed E-state index contributed by atoms with van der Waals surface area (Å²) in [6, 6.07) is 0. The number of hydrogen-bond donors (Lipinski definition) is 1. The van der Waals surface area contributed by atoms with Gasteiger partial charge in [-0.05, 0) is 26.2 Å². The number of rotatable bonds is 1. The molecule has 2 heteroatoms. The molecule has 0 aromatic heterocycles. The average molecular weight is 156 g/mol. The van der Waals surface area contributed by atoms with Crippen molar-refractivity contribution in [2.75, 3.05) is 0 Å². The second-order valence-corrected chi connectivity index (χ2v) is 3.42. The minimum Gasteiger partial charge on any atom is -0.368 e. The Morgan fingerprint density at radius 1 is 1.55 bits per heavy atom. The highest BCUT2D eigenvalue weighted by Crippen LogP contribution is 2.28. The lowest BCUT2D eigenvalue weighted by Crippen LogP contribution is -2.31. The first-order valence-corrected chi connectivity index (χ1v) is 4.08. The maximum atomic E-state index is 9.24. The summed E-state index contributed by atoms with van der Waals surface area (Å²) in [4.78, 5) is 0. The van der Waals surface area contributed by atoms with Crippen molar-refractivity contribution in [2.45, 2.75) is 39.1 Å². The van der Waals surface area contributed by atoms with Gasteiger partial charge in [-0.2, -0.15) is 0 Å². The summed E-state index contributed by atoms with van der Waals surface area (Å²) in [6.07, 6.45) is 1.28. The summed E-state index contributed by atoms with van der Waals surface area (Å²) in [5, 5.41) is 9.24. The fraction of sp³-hybridized carbons (Fsp3) is 0.778. The van der Waals surface area contributed by atoms with Gasteiger partial charge in [0.05, 0.1) is 6.10 Å². The van der Waals surface area contributed by atoms with Crippen molar-refractivity contribution in [2.24, 2.45) is 5.92 Å². The van der Waals surface area contributed by atoms with Crippen molar-refractivity contribution in [3.05, 3.63) is 12.2 Å². The minimum absolute atomic E-state index is 0.167. The van der Waals surface area contributed by atoms with Crippen LogP contribution in [0.15, 0.2) is 12.2 Å². The molecule has 0 spiro atoms. The molecular formula is C9H16O2. The smallest absolute Gasteiger partial charge is 0.155 e. The standard InChI is InChI=1S/C9H16O2/c1-6(2)8-4-7(3)11-9(10)5-8/h7-10H,1,4-5H2,2-3H3. The lowest BCUT2D eigenvalue weighted by molar-refractivity contribution is -0.167. The third-order valence-corrected chi connectivity index (χ3v) is 2.19. The summed E-state index contributed by atoms with van der Waals surface area (Å²) in [5.74, 6) is 0.439. The van der Waals surface area contributed by atoms with Crippen LogP contribution >= 0.6 is 0 Å². The number of allylic oxidation sites excluding steroid dienone is 1. The van der Waals surface area contributed by atoms with Crippen molar-refractivity contribution >= 4 is 0 Å². The molecule has 0 bridgehead atoms. The van der Waals surface area contributed by atoms with E-state index in [0.29, 0.717) is 12.3 Å². The normalized spacial score (nSPS) is 38.6. The zero-order valence-electron chi connectivity index (χ0n) is 7.21. The molecule has 1 saturated heterocycles. The molecule has 2 nitrogen and oxygen atoms in total. The van der Waals surface area contributed by atoms with Gasteiger partial charge in [-0.3, -0.25) is 0 Å². The van der Waals surface area contributed by atoms with Crippen molar-refractivity contribution in [3.63, 3.8) is 0 Å². The van der Waals surface area contributed by atoms with Crippen molar-refractivity contribution in [1.29, 1.82) is 0 Å². The molecule has 0 aromatic carbocycles. The predicted octanol–water partition coefficient (Wildman–Crippen LogP) is 1.70. The number of hydrogen-bond acceptors (Lipinski definition) is 2. The highest BCUT2D eigenvalue weighted by Gasteiger charge is 2.25. The first kappa shape index (κ1) is 8.75. The lowest BCUT2D eigenvalue weighted by atomic mass is 9.90. The van der Waals surface area contributed by atoms with E-state index in [1.807, 2.05) is 13.8 Å². The monoisotopic (exact) mass is 156 g/mol. The second kappa shape index (κ2) is 3.37. The summed E-state index contributed by atoms with van der Waals surface area (Å²) < 4.78 is 5.18. The number of ether oxygens (including phenoxy) is 1. The molecule has 1 rings (SSSR count). The molecule has 1 aliphatic heterocycles. The molecular weight excluding hydrogens is 140 g/mol. The molecule has 1 fully saturated rings. The van der Waals surface area contributed by atoms with Crippen LogP contribution in [0.3, 0.4) is 0 Å². The molecule has 64 valence electrons. The van der Waals surface area contributed by atoms with E-state index in [-0.39, 0.29) is 6.10 Å². The van der Waals surface area contributed by atoms with Gasteiger partial charge in [0.2, 0.25) is 0 Å². The van der Waals surface area contributed by atoms with Crippen LogP contribution in [0.2, 0.25) is 0 Å². The molecule has 3 atom stereocenters. The third kappa shape index (κ3) is 2.31. The summed E-state index contributed by atoms with van der Waals surface area (Å²) in [7, 11) is 0. The van der Waals surface area contributed by atoms with Crippen LogP contribution in [0.1, 0.15) is 26.7 Å². The fourth-order valence-electron chi connectivity index (χ4n) is 1.52. The average Bonchev–Trinajstić information content (AvgIpc) is 1.85. The summed E-state index contributed by atoms with van der Waals surface area (Å²) in [6.45, 7) is 7.87. The maximum absolute atomic E-state index is 9.24. The Hall–Kier alpha value is -0.340. The zero-order valence-corrected chi connectivity index (χ0v) is 7.21. The van der Waals surface area contributed by atoms with Gasteiger partial charge < -0.3 is 9.84 Å². The quantitative estimate of drug-likeness (QED) is 0.585. The molecule has 1 heterocycles. The summed E-state index contributed by atoms with van der Waals surface area (Å²) in [5.41, 5.74) is 1.15. The van der Waals surface area contributed by atoms with Crippen molar-refractivity contribution < 1.29 is 9.84 Å². The van der Waals surface area contributed by atoms with E-state index in [1.54, 1.807) is 0 Å². The van der Waals surface area contributed by atoms with Gasteiger partial charge in [0, 0.05) is 6.42 Å². The highest BCUT2D eigenvalue weighted by molar-refractivity contribution is 4.98. The van der Waals surface area contributed by atoms with Gasteiger partial charge in [-0.1, -0.05) is 12.2 Å². The van der Waals surface area contributed by atoms with E-state index in [4.69, 9.17) is 4.74 Å². The zero-order chi connectivity index (χ0) is 8.43. The van der Waals surface area contributed by atoms with Crippen LogP contribution in [-0.4, -0.2) is 17.5 Å². The molecule has 1 aliphatic rings. The fourth-order valence-corrected chi connectivity index (χ4v) is 1.52. The van der Waals surface area contributed by atoms with Gasteiger partial charge in [-0.15, -0.1) is 0 Å². The van der Waals surface area contributed by atoms with E-state index in [2.05, 4.69) is 6.58 Å². The Kier molecular flexibility index (Phi) is 2.68. The van der Waals surface area contributed by atoms with Crippen LogP contribution in [0.5, 0.6) is 0 Å². The van der Waals surface area contributed by atoms with Gasteiger partial charge in [0.1, 0.15) is 0 Å². The van der Waals surface area contributed by atoms with Crippen molar-refractivity contribution in [3.8, 4) is 0 Å². The molecule has 0 aromatic rings. The van der Waals surface area contributed by atoms with E-state index < -0.39 is 6.29 Å². The van der Waals surface area contributed by atoms with E-state index >= 15 is 0 Å². The molecule has 3 unspecified atom stereocenters. The predicted molar refractivity (Wildman–Crippen MR) is 44.1 cm³/mol. The lowest BCUT2D eigenvalue weighted by Gasteiger charge is -2.31. The number of aliphatic hydroxyl groups excluding tert-OH is 1. The third-order valence-electron chi connectivity index (χ3n) is 2.19. The van der Waals surface area contributed by atoms with E-state index in [1.165, 1.54) is 0 Å². The van der Waals surface area contributed by atoms with Crippen LogP contribution in [0, 0.1) is 5.92 Å². The van der Waals surface area contributed by atoms with Crippen LogP contribution in [0.4, 0.5) is 0 Å². The second-order valence-electron chi connectivity index (χ2n) is 3.42. The Balaban J connectivity index is 2.49. The van der Waals surface area contributed by atoms with Gasteiger partial charge in [0.15, 0.2) is 6.29 Å². The Bertz CT molecular complexity index is 144. The van der Waals surface area contributed by atoms with Gasteiger partial charge in [-0.25, -0.2) is 0 Å². The minimum atomic E-state index is -0.583. The maximum Gasteiger partial charge on any atom is 0.155 e. The first-order valence-electron chi connectivity index (χ1n) is 4.08. The topological polar surface area (TPSA) is 29.5 Å². The van der Waals surface area contributed by atoms with Crippen molar-refractivity contribution in [1.82, 2.24) is 0 Å². The van der Waals surface area contributed by atoms with E-state index in [9.17, 15) is 5.11 Å². The molecule has 0 aliphatic carbocycles. The molecule has 0 saturated carbocycles. The highest BCUT2D eigenvalue weighted by atomic mass is 16.6. The molecule has 0 amide bonds. The molecule has 11 heavy (non-hydrogen) atoms. The van der Waals surface area contributed by atoms with Gasteiger partial charge >= 0.3 is 0 Å². The van der Waals surface area contributed by atoms with Crippen LogP contribution < -0.4 is 0 Å². The molecule has 1 N–H and O–H groups in total. The largest absolute Gasteiger partial charge is 0.368 e. The Labute approximate surface area is 67.9 Å². The van der Waals surface area contributed by atoms with Crippen LogP contribution in [0.25, 0.3) is 0 Å². The van der Waals surface area contributed by atoms with Crippen LogP contribution in [-0.2, 0) is 4.74 Å². The molecule has 0 radical (unpaired) electrons. The summed E-state index contributed by atoms with van der Waals surface area (Å²) >= 11 is 0. The number of aliphatic hydroxyl groups is 1. The Morgan fingerprint density at radius 2 is 2.18 bits per heavy atom.